The van der Waals surface area contributed by atoms with Crippen molar-refractivity contribution in [3.05, 3.63) is 28.8 Å². The van der Waals surface area contributed by atoms with Gasteiger partial charge in [0.15, 0.2) is 0 Å². The van der Waals surface area contributed by atoms with Crippen LogP contribution in [0, 0.1) is 11.8 Å². The quantitative estimate of drug-likeness (QED) is 0.670. The first-order chi connectivity index (χ1) is 7.45. The minimum Gasteiger partial charge on any atom is -0.225 e. The Morgan fingerprint density at radius 3 is 2.62 bits per heavy atom. The number of benzene rings is 1. The molecule has 0 bridgehead atoms. The van der Waals surface area contributed by atoms with E-state index in [1.807, 2.05) is 0 Å². The van der Waals surface area contributed by atoms with Crippen LogP contribution >= 0.6 is 27.5 Å². The third-order valence-electron chi connectivity index (χ3n) is 1.69. The lowest BCUT2D eigenvalue weighted by Crippen LogP contribution is -2.12. The highest BCUT2D eigenvalue weighted by Gasteiger charge is 2.12. The van der Waals surface area contributed by atoms with E-state index in [-0.39, 0.29) is 9.92 Å². The van der Waals surface area contributed by atoms with Crippen molar-refractivity contribution in [2.24, 2.45) is 5.14 Å². The van der Waals surface area contributed by atoms with E-state index in [9.17, 15) is 8.42 Å². The number of sulfonamides is 1. The number of hydrogen-bond donors (Lipinski definition) is 1. The fourth-order valence-electron chi connectivity index (χ4n) is 1.02. The zero-order chi connectivity index (χ0) is 12.2. The number of primary sulfonamides is 1. The average molecular weight is 323 g/mol. The van der Waals surface area contributed by atoms with Crippen molar-refractivity contribution < 1.29 is 8.42 Å². The molecule has 0 heterocycles. The summed E-state index contributed by atoms with van der Waals surface area (Å²) in [7, 11) is -3.76. The molecule has 0 atom stereocenters. The normalized spacial score (nSPS) is 10.7. The highest BCUT2D eigenvalue weighted by molar-refractivity contribution is 9.09. The maximum absolute atomic E-state index is 11.1. The molecule has 0 spiro atoms. The van der Waals surface area contributed by atoms with Crippen molar-refractivity contribution in [3.63, 3.8) is 0 Å². The molecule has 1 aromatic rings. The number of alkyl halides is 1. The van der Waals surface area contributed by atoms with Crippen molar-refractivity contribution in [2.75, 3.05) is 5.33 Å². The fourth-order valence-corrected chi connectivity index (χ4v) is 2.31. The summed E-state index contributed by atoms with van der Waals surface area (Å²) in [6.07, 6.45) is 0.717. The average Bonchev–Trinajstić information content (AvgIpc) is 2.16. The maximum atomic E-state index is 11.1. The van der Waals surface area contributed by atoms with E-state index < -0.39 is 10.0 Å². The van der Waals surface area contributed by atoms with E-state index in [1.54, 1.807) is 6.07 Å². The number of halogens is 2. The topological polar surface area (TPSA) is 60.2 Å². The third kappa shape index (κ3) is 3.80. The maximum Gasteiger partial charge on any atom is 0.239 e. The summed E-state index contributed by atoms with van der Waals surface area (Å²) in [5.41, 5.74) is 0.665. The van der Waals surface area contributed by atoms with Gasteiger partial charge < -0.3 is 0 Å². The molecular formula is C10H9BrClNO2S. The van der Waals surface area contributed by atoms with Crippen molar-refractivity contribution in [1.29, 1.82) is 0 Å². The van der Waals surface area contributed by atoms with E-state index in [2.05, 4.69) is 27.8 Å². The molecule has 0 radical (unpaired) electrons. The Balaban J connectivity index is 3.07. The van der Waals surface area contributed by atoms with Crippen LogP contribution < -0.4 is 5.14 Å². The van der Waals surface area contributed by atoms with Gasteiger partial charge in [-0.25, -0.2) is 13.6 Å². The Morgan fingerprint density at radius 1 is 1.44 bits per heavy atom. The van der Waals surface area contributed by atoms with Gasteiger partial charge in [0.05, 0.1) is 5.02 Å². The zero-order valence-corrected chi connectivity index (χ0v) is 11.4. The molecule has 1 rings (SSSR count). The molecule has 0 aliphatic rings. The van der Waals surface area contributed by atoms with Crippen LogP contribution in [0.2, 0.25) is 5.02 Å². The predicted molar refractivity (Wildman–Crippen MR) is 68.1 cm³/mol. The fraction of sp³-hybridized carbons (Fsp3) is 0.200. The Bertz CT molecular complexity index is 546. The second kappa shape index (κ2) is 5.69. The van der Waals surface area contributed by atoms with Crippen LogP contribution in [0.5, 0.6) is 0 Å². The lowest BCUT2D eigenvalue weighted by atomic mass is 10.2. The van der Waals surface area contributed by atoms with Crippen LogP contribution in [0.25, 0.3) is 0 Å². The van der Waals surface area contributed by atoms with Gasteiger partial charge in [0.1, 0.15) is 4.90 Å². The van der Waals surface area contributed by atoms with Crippen molar-refractivity contribution in [2.45, 2.75) is 11.3 Å². The predicted octanol–water partition coefficient (Wildman–Crippen LogP) is 2.12. The molecule has 0 saturated carbocycles. The van der Waals surface area contributed by atoms with Crippen LogP contribution in [-0.2, 0) is 10.0 Å². The van der Waals surface area contributed by atoms with Crippen molar-refractivity contribution >= 4 is 37.6 Å². The largest absolute Gasteiger partial charge is 0.239 e. The van der Waals surface area contributed by atoms with Crippen LogP contribution in [0.3, 0.4) is 0 Å². The standard InChI is InChI=1S/C10H9BrClNO2S/c11-6-2-1-3-8-4-5-10(9(12)7-8)16(13,14)15/h4-5,7H,2,6H2,(H2,13,14,15). The van der Waals surface area contributed by atoms with E-state index in [0.29, 0.717) is 12.0 Å². The van der Waals surface area contributed by atoms with Gasteiger partial charge in [-0.3, -0.25) is 0 Å². The molecule has 0 fully saturated rings. The Morgan fingerprint density at radius 2 is 2.12 bits per heavy atom. The Hall–Kier alpha value is -0.540. The third-order valence-corrected chi connectivity index (χ3v) is 3.48. The highest BCUT2D eigenvalue weighted by Crippen LogP contribution is 2.20. The van der Waals surface area contributed by atoms with Crippen molar-refractivity contribution in [1.82, 2.24) is 0 Å². The van der Waals surface area contributed by atoms with E-state index in [4.69, 9.17) is 16.7 Å². The summed E-state index contributed by atoms with van der Waals surface area (Å²) in [4.78, 5) is -0.0831. The van der Waals surface area contributed by atoms with Gasteiger partial charge in [0.2, 0.25) is 10.0 Å². The molecule has 0 unspecified atom stereocenters. The molecule has 16 heavy (non-hydrogen) atoms. The molecule has 0 aliphatic carbocycles. The lowest BCUT2D eigenvalue weighted by molar-refractivity contribution is 0.598. The van der Waals surface area contributed by atoms with Gasteiger partial charge in [0.25, 0.3) is 0 Å². The first kappa shape index (κ1) is 13.5. The molecule has 86 valence electrons. The summed E-state index contributed by atoms with van der Waals surface area (Å²) >= 11 is 9.04. The van der Waals surface area contributed by atoms with Crippen LogP contribution in [0.1, 0.15) is 12.0 Å². The monoisotopic (exact) mass is 321 g/mol. The van der Waals surface area contributed by atoms with Gasteiger partial charge in [-0.1, -0.05) is 39.4 Å². The van der Waals surface area contributed by atoms with Gasteiger partial charge in [-0.15, -0.1) is 0 Å². The molecule has 6 heteroatoms. The first-order valence-electron chi connectivity index (χ1n) is 4.32. The first-order valence-corrected chi connectivity index (χ1v) is 7.37. The summed E-state index contributed by atoms with van der Waals surface area (Å²) in [5, 5.41) is 5.86. The summed E-state index contributed by atoms with van der Waals surface area (Å²) in [5.74, 6) is 5.77. The van der Waals surface area contributed by atoms with Gasteiger partial charge in [0, 0.05) is 17.3 Å². The lowest BCUT2D eigenvalue weighted by Gasteiger charge is -2.01. The highest BCUT2D eigenvalue weighted by atomic mass is 79.9. The summed E-state index contributed by atoms with van der Waals surface area (Å²) in [6, 6.07) is 4.42. The molecule has 0 aromatic heterocycles. The Labute approximate surface area is 108 Å². The van der Waals surface area contributed by atoms with Crippen molar-refractivity contribution in [3.8, 4) is 11.8 Å². The van der Waals surface area contributed by atoms with Crippen LogP contribution in [-0.4, -0.2) is 13.7 Å². The molecule has 2 N–H and O–H groups in total. The minimum absolute atomic E-state index is 0.0831. The van der Waals surface area contributed by atoms with E-state index in [1.165, 1.54) is 12.1 Å². The molecule has 1 aromatic carbocycles. The van der Waals surface area contributed by atoms with Gasteiger partial charge >= 0.3 is 0 Å². The molecular weight excluding hydrogens is 314 g/mol. The second-order valence-corrected chi connectivity index (χ2v) is 5.66. The zero-order valence-electron chi connectivity index (χ0n) is 8.20. The smallest absolute Gasteiger partial charge is 0.225 e. The Kier molecular flexibility index (Phi) is 4.81. The van der Waals surface area contributed by atoms with Gasteiger partial charge in [-0.05, 0) is 18.2 Å². The number of rotatable bonds is 2. The number of nitrogens with two attached hydrogens (primary N) is 1. The van der Waals surface area contributed by atoms with E-state index in [0.717, 1.165) is 5.33 Å². The summed E-state index contributed by atoms with van der Waals surface area (Å²) < 4.78 is 22.2. The molecule has 0 amide bonds. The van der Waals surface area contributed by atoms with E-state index >= 15 is 0 Å². The molecule has 0 aliphatic heterocycles. The van der Waals surface area contributed by atoms with Crippen LogP contribution in [0.4, 0.5) is 0 Å². The second-order valence-electron chi connectivity index (χ2n) is 2.93. The molecule has 3 nitrogen and oxygen atoms in total. The minimum atomic E-state index is -3.76. The number of hydrogen-bond acceptors (Lipinski definition) is 2. The summed E-state index contributed by atoms with van der Waals surface area (Å²) in [6.45, 7) is 0. The van der Waals surface area contributed by atoms with Crippen LogP contribution in [0.15, 0.2) is 23.1 Å². The molecule has 0 saturated heterocycles. The van der Waals surface area contributed by atoms with Gasteiger partial charge in [-0.2, -0.15) is 0 Å². The SMILES string of the molecule is NS(=O)(=O)c1ccc(C#CCCBr)cc1Cl.